The summed E-state index contributed by atoms with van der Waals surface area (Å²) < 4.78 is 0. The molecule has 0 saturated heterocycles. The summed E-state index contributed by atoms with van der Waals surface area (Å²) in [5.74, 6) is -1.51. The number of carbonyl (C=O) groups excluding carboxylic acids is 2. The van der Waals surface area contributed by atoms with Crippen molar-refractivity contribution in [3.8, 4) is 0 Å². The third-order valence-electron chi connectivity index (χ3n) is 5.41. The van der Waals surface area contributed by atoms with E-state index >= 15 is 0 Å². The Kier molecular flexibility index (Phi) is 9.62. The zero-order chi connectivity index (χ0) is 22.8. The third-order valence-corrected chi connectivity index (χ3v) is 5.41. The van der Waals surface area contributed by atoms with Gasteiger partial charge in [0.1, 0.15) is 11.7 Å². The lowest BCUT2D eigenvalue weighted by atomic mass is 9.75. The molecule has 0 radical (unpaired) electrons. The fraction of sp³-hybridized carbons (Fsp3) is 0.455. The van der Waals surface area contributed by atoms with Gasteiger partial charge in [-0.1, -0.05) is 43.7 Å². The van der Waals surface area contributed by atoms with Crippen molar-refractivity contribution in [2.45, 2.75) is 51.0 Å². The van der Waals surface area contributed by atoms with Crippen LogP contribution in [0.15, 0.2) is 48.9 Å². The van der Waals surface area contributed by atoms with Gasteiger partial charge in [0.15, 0.2) is 0 Å². The van der Waals surface area contributed by atoms with E-state index in [0.717, 1.165) is 12.0 Å². The molecule has 0 fully saturated rings. The number of carbonyl (C=O) groups is 2. The lowest BCUT2D eigenvalue weighted by Crippen LogP contribution is -2.55. The second-order valence-electron chi connectivity index (χ2n) is 7.62. The Labute approximate surface area is 184 Å². The van der Waals surface area contributed by atoms with Gasteiger partial charge in [0.2, 0.25) is 5.91 Å². The van der Waals surface area contributed by atoms with Gasteiger partial charge in [-0.15, -0.1) is 0 Å². The van der Waals surface area contributed by atoms with Crippen LogP contribution in [-0.4, -0.2) is 74.8 Å². The number of rotatable bonds is 11. The van der Waals surface area contributed by atoms with Gasteiger partial charge in [0.25, 0.3) is 5.91 Å². The van der Waals surface area contributed by atoms with Crippen LogP contribution in [0.5, 0.6) is 0 Å². The van der Waals surface area contributed by atoms with E-state index in [-0.39, 0.29) is 11.6 Å². The van der Waals surface area contributed by atoms with Gasteiger partial charge in [-0.05, 0) is 31.2 Å². The van der Waals surface area contributed by atoms with Crippen LogP contribution in [0.2, 0.25) is 0 Å². The van der Waals surface area contributed by atoms with E-state index < -0.39 is 25.0 Å². The molecule has 2 aromatic rings. The predicted octanol–water partition coefficient (Wildman–Crippen LogP) is 1.58. The van der Waals surface area contributed by atoms with Gasteiger partial charge in [0.05, 0.1) is 12.1 Å². The molecule has 0 aliphatic heterocycles. The summed E-state index contributed by atoms with van der Waals surface area (Å²) in [5.41, 5.74) is 1.31. The van der Waals surface area contributed by atoms with Crippen LogP contribution < -0.4 is 0 Å². The van der Waals surface area contributed by atoms with Gasteiger partial charge in [-0.25, -0.2) is 4.98 Å². The Bertz CT molecular complexity index is 823. The third kappa shape index (κ3) is 6.87. The highest BCUT2D eigenvalue weighted by Gasteiger charge is 2.36. The van der Waals surface area contributed by atoms with E-state index in [1.807, 2.05) is 37.3 Å². The first-order valence-corrected chi connectivity index (χ1v) is 10.6. The molecule has 0 saturated carbocycles. The van der Waals surface area contributed by atoms with E-state index in [2.05, 4.69) is 9.97 Å². The first kappa shape index (κ1) is 24.5. The molecule has 166 valence electrons. The molecule has 2 amide bonds. The van der Waals surface area contributed by atoms with Crippen LogP contribution in [-0.2, 0) is 11.2 Å². The Balaban J connectivity index is 2.09. The van der Waals surface area contributed by atoms with Crippen molar-refractivity contribution in [2.24, 2.45) is 0 Å². The first-order valence-electron chi connectivity index (χ1n) is 10.6. The van der Waals surface area contributed by atoms with E-state index in [0.29, 0.717) is 25.7 Å². The lowest BCUT2D eigenvalue weighted by Gasteiger charge is -2.34. The van der Waals surface area contributed by atoms with Gasteiger partial charge in [0, 0.05) is 26.5 Å². The fourth-order valence-electron chi connectivity index (χ4n) is 3.59. The monoisotopic (exact) mass is 426 g/mol. The molecule has 0 spiro atoms. The molecule has 1 aromatic heterocycles. The van der Waals surface area contributed by atoms with Crippen LogP contribution in [0.1, 0.15) is 48.7 Å². The van der Waals surface area contributed by atoms with Crippen LogP contribution in [0.25, 0.3) is 0 Å². The molecule has 2 atom stereocenters. The summed E-state index contributed by atoms with van der Waals surface area (Å²) in [5, 5.41) is 19.9. The van der Waals surface area contributed by atoms with Gasteiger partial charge < -0.3 is 19.8 Å². The highest BCUT2D eigenvalue weighted by molar-refractivity contribution is 6.43. The van der Waals surface area contributed by atoms with E-state index in [1.54, 1.807) is 14.1 Å². The number of amides is 2. The van der Waals surface area contributed by atoms with Crippen molar-refractivity contribution in [3.63, 3.8) is 0 Å². The molecule has 2 rings (SSSR count). The Morgan fingerprint density at radius 3 is 2.35 bits per heavy atom. The summed E-state index contributed by atoms with van der Waals surface area (Å²) in [4.78, 5) is 36.7. The highest BCUT2D eigenvalue weighted by Crippen LogP contribution is 2.17. The molecular weight excluding hydrogens is 395 g/mol. The minimum atomic E-state index is -1.67. The Morgan fingerprint density at radius 2 is 1.77 bits per heavy atom. The molecular formula is C22H31BN4O4. The maximum absolute atomic E-state index is 13.3. The van der Waals surface area contributed by atoms with Crippen molar-refractivity contribution in [1.82, 2.24) is 19.8 Å². The lowest BCUT2D eigenvalue weighted by molar-refractivity contribution is -0.136. The zero-order valence-electron chi connectivity index (χ0n) is 18.4. The summed E-state index contributed by atoms with van der Waals surface area (Å²) in [6, 6.07) is 9.17. The maximum atomic E-state index is 13.3. The number of hydrogen-bond donors (Lipinski definition) is 2. The van der Waals surface area contributed by atoms with Crippen LogP contribution >= 0.6 is 0 Å². The summed E-state index contributed by atoms with van der Waals surface area (Å²) >= 11 is 0. The second kappa shape index (κ2) is 12.2. The molecule has 2 N–H and O–H groups in total. The van der Waals surface area contributed by atoms with Crippen molar-refractivity contribution in [2.75, 3.05) is 14.1 Å². The smallest absolute Gasteiger partial charge is 0.426 e. The van der Waals surface area contributed by atoms with Crippen LogP contribution in [0, 0.1) is 0 Å². The van der Waals surface area contributed by atoms with Crippen molar-refractivity contribution in [3.05, 3.63) is 60.2 Å². The number of likely N-dealkylation sites (N-methyl/N-ethyl adjacent to an activating group) is 2. The summed E-state index contributed by atoms with van der Waals surface area (Å²) in [6.07, 6.45) is 7.28. The average Bonchev–Trinajstić information content (AvgIpc) is 2.79. The number of benzene rings is 1. The van der Waals surface area contributed by atoms with Crippen molar-refractivity contribution >= 4 is 18.9 Å². The van der Waals surface area contributed by atoms with Crippen LogP contribution in [0.4, 0.5) is 0 Å². The van der Waals surface area contributed by atoms with Gasteiger partial charge in [-0.2, -0.15) is 0 Å². The second-order valence-corrected chi connectivity index (χ2v) is 7.62. The highest BCUT2D eigenvalue weighted by atomic mass is 16.4. The normalized spacial score (nSPS) is 12.7. The summed E-state index contributed by atoms with van der Waals surface area (Å²) in [7, 11) is 1.44. The molecule has 0 aliphatic rings. The summed E-state index contributed by atoms with van der Waals surface area (Å²) in [6.45, 7) is 1.93. The molecule has 8 nitrogen and oxygen atoms in total. The van der Waals surface area contributed by atoms with Gasteiger partial charge in [-0.3, -0.25) is 14.6 Å². The standard InChI is InChI=1S/C22H31BN4O4/c1-4-9-19(26(2)21(28)18-16-24-14-15-25-18)22(29)27(3)20(23(30)31)13-8-12-17-10-6-5-7-11-17/h5-7,10-11,14-16,19-20,30-31H,4,8-9,12-13H2,1-3H3/t19?,20-/m0/s1. The quantitative estimate of drug-likeness (QED) is 0.529. The van der Waals surface area contributed by atoms with Crippen LogP contribution in [0.3, 0.4) is 0 Å². The number of nitrogens with zero attached hydrogens (tertiary/aromatic N) is 4. The number of aryl methyl sites for hydroxylation is 1. The average molecular weight is 426 g/mol. The molecule has 1 heterocycles. The first-order chi connectivity index (χ1) is 14.9. The molecule has 9 heteroatoms. The predicted molar refractivity (Wildman–Crippen MR) is 119 cm³/mol. The fourth-order valence-corrected chi connectivity index (χ4v) is 3.59. The Morgan fingerprint density at radius 1 is 1.06 bits per heavy atom. The maximum Gasteiger partial charge on any atom is 0.475 e. The van der Waals surface area contributed by atoms with E-state index in [1.165, 1.54) is 28.4 Å². The minimum absolute atomic E-state index is 0.156. The van der Waals surface area contributed by atoms with Gasteiger partial charge >= 0.3 is 7.12 Å². The van der Waals surface area contributed by atoms with Crippen molar-refractivity contribution < 1.29 is 19.6 Å². The molecule has 1 aromatic carbocycles. The molecule has 0 bridgehead atoms. The zero-order valence-corrected chi connectivity index (χ0v) is 18.4. The largest absolute Gasteiger partial charge is 0.475 e. The molecule has 0 aliphatic carbocycles. The van der Waals surface area contributed by atoms with E-state index in [4.69, 9.17) is 0 Å². The number of aromatic nitrogens is 2. The minimum Gasteiger partial charge on any atom is -0.426 e. The topological polar surface area (TPSA) is 107 Å². The van der Waals surface area contributed by atoms with Crippen molar-refractivity contribution in [1.29, 1.82) is 0 Å². The SMILES string of the molecule is CCCC(C(=O)N(C)[C@@H](CCCc1ccccc1)B(O)O)N(C)C(=O)c1cnccn1. The molecule has 31 heavy (non-hydrogen) atoms. The Hall–Kier alpha value is -2.78. The molecule has 1 unspecified atom stereocenters. The van der Waals surface area contributed by atoms with E-state index in [9.17, 15) is 19.6 Å². The number of hydrogen-bond acceptors (Lipinski definition) is 6.